The molecule has 1 rings (SSSR count). The molecule has 0 aromatic carbocycles. The lowest BCUT2D eigenvalue weighted by atomic mass is 10.1. The number of hydrogen-bond acceptors (Lipinski definition) is 3. The SMILES string of the molecule is CC(C)CCOCc1nc(CCl)cs1. The van der Waals surface area contributed by atoms with Crippen LogP contribution in [0.3, 0.4) is 0 Å². The van der Waals surface area contributed by atoms with Gasteiger partial charge in [0.25, 0.3) is 0 Å². The van der Waals surface area contributed by atoms with Crippen molar-refractivity contribution in [3.63, 3.8) is 0 Å². The summed E-state index contributed by atoms with van der Waals surface area (Å²) in [5.41, 5.74) is 0.944. The maximum Gasteiger partial charge on any atom is 0.119 e. The maximum absolute atomic E-state index is 5.65. The molecule has 0 spiro atoms. The quantitative estimate of drug-likeness (QED) is 0.555. The highest BCUT2D eigenvalue weighted by atomic mass is 35.5. The second-order valence-corrected chi connectivity index (χ2v) is 4.81. The highest BCUT2D eigenvalue weighted by Gasteiger charge is 2.01. The molecule has 4 heteroatoms. The molecule has 0 bridgehead atoms. The van der Waals surface area contributed by atoms with Crippen molar-refractivity contribution in [3.05, 3.63) is 16.1 Å². The van der Waals surface area contributed by atoms with Gasteiger partial charge in [-0.15, -0.1) is 22.9 Å². The fourth-order valence-electron chi connectivity index (χ4n) is 0.955. The Morgan fingerprint density at radius 2 is 2.36 bits per heavy atom. The van der Waals surface area contributed by atoms with E-state index < -0.39 is 0 Å². The van der Waals surface area contributed by atoms with E-state index in [2.05, 4.69) is 18.8 Å². The summed E-state index contributed by atoms with van der Waals surface area (Å²) >= 11 is 7.26. The fraction of sp³-hybridized carbons (Fsp3) is 0.700. The van der Waals surface area contributed by atoms with E-state index >= 15 is 0 Å². The zero-order valence-electron chi connectivity index (χ0n) is 8.62. The summed E-state index contributed by atoms with van der Waals surface area (Å²) < 4.78 is 5.49. The Morgan fingerprint density at radius 1 is 1.57 bits per heavy atom. The number of alkyl halides is 1. The van der Waals surface area contributed by atoms with E-state index in [0.717, 1.165) is 23.7 Å². The monoisotopic (exact) mass is 233 g/mol. The van der Waals surface area contributed by atoms with E-state index in [1.165, 1.54) is 0 Å². The predicted molar refractivity (Wildman–Crippen MR) is 60.8 cm³/mol. The first-order valence-electron chi connectivity index (χ1n) is 4.79. The molecule has 0 atom stereocenters. The Balaban J connectivity index is 2.18. The Kier molecular flexibility index (Phi) is 5.45. The van der Waals surface area contributed by atoms with Crippen molar-refractivity contribution in [2.45, 2.75) is 32.8 Å². The Bertz CT molecular complexity index is 262. The van der Waals surface area contributed by atoms with Crippen molar-refractivity contribution in [1.82, 2.24) is 4.98 Å². The molecule has 0 saturated carbocycles. The number of aromatic nitrogens is 1. The number of rotatable bonds is 6. The van der Waals surface area contributed by atoms with Crippen molar-refractivity contribution >= 4 is 22.9 Å². The van der Waals surface area contributed by atoms with Gasteiger partial charge in [0, 0.05) is 12.0 Å². The van der Waals surface area contributed by atoms with Crippen LogP contribution in [0.5, 0.6) is 0 Å². The summed E-state index contributed by atoms with van der Waals surface area (Å²) in [6, 6.07) is 0. The molecule has 0 fully saturated rings. The molecule has 0 aliphatic carbocycles. The lowest BCUT2D eigenvalue weighted by Gasteiger charge is -2.04. The normalized spacial score (nSPS) is 11.1. The third-order valence-electron chi connectivity index (χ3n) is 1.80. The minimum absolute atomic E-state index is 0.489. The van der Waals surface area contributed by atoms with Gasteiger partial charge in [0.05, 0.1) is 18.2 Å². The van der Waals surface area contributed by atoms with Gasteiger partial charge in [0.2, 0.25) is 0 Å². The van der Waals surface area contributed by atoms with E-state index in [9.17, 15) is 0 Å². The van der Waals surface area contributed by atoms with Crippen molar-refractivity contribution < 1.29 is 4.74 Å². The number of thiazole rings is 1. The van der Waals surface area contributed by atoms with Gasteiger partial charge in [-0.2, -0.15) is 0 Å². The molecular formula is C10H16ClNOS. The van der Waals surface area contributed by atoms with Crippen LogP contribution in [0.2, 0.25) is 0 Å². The largest absolute Gasteiger partial charge is 0.374 e. The van der Waals surface area contributed by atoms with Gasteiger partial charge in [-0.1, -0.05) is 13.8 Å². The van der Waals surface area contributed by atoms with Gasteiger partial charge >= 0.3 is 0 Å². The minimum Gasteiger partial charge on any atom is -0.374 e. The molecule has 80 valence electrons. The molecule has 0 N–H and O–H groups in total. The highest BCUT2D eigenvalue weighted by molar-refractivity contribution is 7.09. The van der Waals surface area contributed by atoms with E-state index in [1.54, 1.807) is 11.3 Å². The summed E-state index contributed by atoms with van der Waals surface area (Å²) in [4.78, 5) is 4.31. The van der Waals surface area contributed by atoms with E-state index in [4.69, 9.17) is 16.3 Å². The average molecular weight is 234 g/mol. The second kappa shape index (κ2) is 6.38. The van der Waals surface area contributed by atoms with Crippen molar-refractivity contribution in [3.8, 4) is 0 Å². The van der Waals surface area contributed by atoms with Crippen molar-refractivity contribution in [2.24, 2.45) is 5.92 Å². The molecule has 1 heterocycles. The van der Waals surface area contributed by atoms with E-state index in [-0.39, 0.29) is 0 Å². The number of halogens is 1. The summed E-state index contributed by atoms with van der Waals surface area (Å²) in [6.07, 6.45) is 1.10. The molecule has 0 radical (unpaired) electrons. The summed E-state index contributed by atoms with van der Waals surface area (Å²) in [5, 5.41) is 3.00. The Morgan fingerprint density at radius 3 is 2.93 bits per heavy atom. The molecule has 2 nitrogen and oxygen atoms in total. The zero-order chi connectivity index (χ0) is 10.4. The van der Waals surface area contributed by atoms with Gasteiger partial charge in [0.15, 0.2) is 0 Å². The topological polar surface area (TPSA) is 22.1 Å². The number of ether oxygens (including phenoxy) is 1. The average Bonchev–Trinajstić information content (AvgIpc) is 2.60. The van der Waals surface area contributed by atoms with E-state index in [0.29, 0.717) is 18.4 Å². The summed E-state index contributed by atoms with van der Waals surface area (Å²) in [6.45, 7) is 5.82. The van der Waals surface area contributed by atoms with Gasteiger partial charge < -0.3 is 4.74 Å². The third-order valence-corrected chi connectivity index (χ3v) is 2.95. The fourth-order valence-corrected chi connectivity index (χ4v) is 1.91. The Hall–Kier alpha value is -0.120. The van der Waals surface area contributed by atoms with Gasteiger partial charge in [-0.05, 0) is 12.3 Å². The van der Waals surface area contributed by atoms with Crippen LogP contribution in [0.25, 0.3) is 0 Å². The standard InChI is InChI=1S/C10H16ClNOS/c1-8(2)3-4-13-6-10-12-9(5-11)7-14-10/h7-8H,3-6H2,1-2H3. The smallest absolute Gasteiger partial charge is 0.119 e. The molecule has 0 aliphatic heterocycles. The second-order valence-electron chi connectivity index (χ2n) is 3.60. The minimum atomic E-state index is 0.489. The van der Waals surface area contributed by atoms with Crippen LogP contribution in [0.1, 0.15) is 31.0 Å². The van der Waals surface area contributed by atoms with Crippen LogP contribution >= 0.6 is 22.9 Å². The lowest BCUT2D eigenvalue weighted by Crippen LogP contribution is -1.99. The molecular weight excluding hydrogens is 218 g/mol. The van der Waals surface area contributed by atoms with Crippen LogP contribution in [-0.2, 0) is 17.2 Å². The molecule has 14 heavy (non-hydrogen) atoms. The molecule has 1 aromatic rings. The highest BCUT2D eigenvalue weighted by Crippen LogP contribution is 2.12. The van der Waals surface area contributed by atoms with Crippen LogP contribution in [0, 0.1) is 5.92 Å². The zero-order valence-corrected chi connectivity index (χ0v) is 10.2. The predicted octanol–water partition coefficient (Wildman–Crippen LogP) is 3.44. The maximum atomic E-state index is 5.65. The van der Waals surface area contributed by atoms with Crippen LogP contribution in [0.4, 0.5) is 0 Å². The van der Waals surface area contributed by atoms with Crippen LogP contribution in [0.15, 0.2) is 5.38 Å². The lowest BCUT2D eigenvalue weighted by molar-refractivity contribution is 0.110. The van der Waals surface area contributed by atoms with Crippen LogP contribution < -0.4 is 0 Å². The number of hydrogen-bond donors (Lipinski definition) is 0. The summed E-state index contributed by atoms with van der Waals surface area (Å²) in [7, 11) is 0. The first-order chi connectivity index (χ1) is 6.72. The number of nitrogens with zero attached hydrogens (tertiary/aromatic N) is 1. The van der Waals surface area contributed by atoms with E-state index in [1.807, 2.05) is 5.38 Å². The van der Waals surface area contributed by atoms with Crippen molar-refractivity contribution in [2.75, 3.05) is 6.61 Å². The molecule has 0 amide bonds. The molecule has 0 saturated heterocycles. The summed E-state index contributed by atoms with van der Waals surface area (Å²) in [5.74, 6) is 1.19. The van der Waals surface area contributed by atoms with Gasteiger partial charge in [-0.25, -0.2) is 4.98 Å². The van der Waals surface area contributed by atoms with Crippen LogP contribution in [-0.4, -0.2) is 11.6 Å². The molecule has 0 aliphatic rings. The first kappa shape index (κ1) is 12.0. The Labute approximate surface area is 94.3 Å². The van der Waals surface area contributed by atoms with Crippen molar-refractivity contribution in [1.29, 1.82) is 0 Å². The molecule has 0 unspecified atom stereocenters. The van der Waals surface area contributed by atoms with Gasteiger partial charge in [0.1, 0.15) is 5.01 Å². The van der Waals surface area contributed by atoms with Gasteiger partial charge in [-0.3, -0.25) is 0 Å². The first-order valence-corrected chi connectivity index (χ1v) is 6.20. The molecule has 1 aromatic heterocycles. The third kappa shape index (κ3) is 4.40.